The average molecular weight is 205 g/mol. The fourth-order valence-electron chi connectivity index (χ4n) is 1.22. The third kappa shape index (κ3) is 2.63. The molecule has 5 heteroatoms. The molecule has 0 aliphatic heterocycles. The maximum atomic E-state index is 8.36. The summed E-state index contributed by atoms with van der Waals surface area (Å²) in [6, 6.07) is 7.72. The van der Waals surface area contributed by atoms with Gasteiger partial charge in [0.25, 0.3) is 6.47 Å². The van der Waals surface area contributed by atoms with Gasteiger partial charge in [-0.15, -0.1) is 0 Å². The number of hydrogen-bond acceptors (Lipinski definition) is 4. The van der Waals surface area contributed by atoms with E-state index in [0.717, 1.165) is 10.9 Å². The Bertz CT molecular complexity index is 471. The summed E-state index contributed by atoms with van der Waals surface area (Å²) in [7, 11) is 0. The fraction of sp³-hybridized carbons (Fsp3) is 0.100. The van der Waals surface area contributed by atoms with Crippen molar-refractivity contribution >= 4 is 23.2 Å². The lowest BCUT2D eigenvalue weighted by atomic mass is 10.2. The van der Waals surface area contributed by atoms with Crippen LogP contribution in [0.15, 0.2) is 24.3 Å². The smallest absolute Gasteiger partial charge is 0.290 e. The van der Waals surface area contributed by atoms with Gasteiger partial charge in [0.05, 0.1) is 5.52 Å². The number of aromatic nitrogens is 2. The number of fused-ring (bicyclic) bond motifs is 1. The number of nitrogens with zero attached hydrogens (tertiary/aromatic N) is 2. The Labute approximate surface area is 86.6 Å². The molecule has 0 spiro atoms. The molecule has 1 heterocycles. The number of nitrogen functional groups attached to an aromatic ring is 1. The van der Waals surface area contributed by atoms with E-state index in [1.807, 2.05) is 31.2 Å². The molecule has 15 heavy (non-hydrogen) atoms. The quantitative estimate of drug-likeness (QED) is 0.631. The minimum atomic E-state index is -0.250. The van der Waals surface area contributed by atoms with Crippen molar-refractivity contribution in [2.45, 2.75) is 6.92 Å². The molecular weight excluding hydrogens is 194 g/mol. The van der Waals surface area contributed by atoms with E-state index < -0.39 is 0 Å². The zero-order valence-electron chi connectivity index (χ0n) is 8.21. The molecule has 3 N–H and O–H groups in total. The van der Waals surface area contributed by atoms with Crippen LogP contribution in [-0.4, -0.2) is 21.5 Å². The zero-order valence-corrected chi connectivity index (χ0v) is 8.21. The van der Waals surface area contributed by atoms with Crippen molar-refractivity contribution in [2.75, 3.05) is 5.73 Å². The van der Waals surface area contributed by atoms with E-state index in [-0.39, 0.29) is 6.47 Å². The monoisotopic (exact) mass is 205 g/mol. The molecule has 2 aromatic rings. The molecule has 2 rings (SSSR count). The molecule has 0 saturated heterocycles. The van der Waals surface area contributed by atoms with Crippen LogP contribution in [0.4, 0.5) is 5.82 Å². The number of carbonyl (C=O) groups is 1. The number of hydrogen-bond donors (Lipinski definition) is 2. The lowest BCUT2D eigenvalue weighted by molar-refractivity contribution is -0.122. The van der Waals surface area contributed by atoms with Crippen LogP contribution >= 0.6 is 0 Å². The third-order valence-electron chi connectivity index (χ3n) is 1.74. The number of benzene rings is 1. The molecule has 0 radical (unpaired) electrons. The first-order valence-electron chi connectivity index (χ1n) is 4.25. The summed E-state index contributed by atoms with van der Waals surface area (Å²) in [5.41, 5.74) is 6.61. The molecule has 0 unspecified atom stereocenters. The topological polar surface area (TPSA) is 89.1 Å². The Morgan fingerprint density at radius 2 is 1.93 bits per heavy atom. The second kappa shape index (κ2) is 4.90. The fourth-order valence-corrected chi connectivity index (χ4v) is 1.22. The molecule has 1 aromatic heterocycles. The molecule has 0 saturated carbocycles. The first kappa shape index (κ1) is 10.9. The first-order valence-corrected chi connectivity index (χ1v) is 4.25. The number of aryl methyl sites for hydroxylation is 1. The Morgan fingerprint density at radius 3 is 2.60 bits per heavy atom. The van der Waals surface area contributed by atoms with Crippen LogP contribution in [0, 0.1) is 6.92 Å². The highest BCUT2D eigenvalue weighted by atomic mass is 16.3. The van der Waals surface area contributed by atoms with Gasteiger partial charge in [-0.05, 0) is 19.1 Å². The maximum absolute atomic E-state index is 8.36. The zero-order chi connectivity index (χ0) is 11.3. The van der Waals surface area contributed by atoms with E-state index in [0.29, 0.717) is 11.6 Å². The van der Waals surface area contributed by atoms with Gasteiger partial charge < -0.3 is 10.8 Å². The van der Waals surface area contributed by atoms with Gasteiger partial charge in [0, 0.05) is 5.39 Å². The summed E-state index contributed by atoms with van der Waals surface area (Å²) >= 11 is 0. The standard InChI is InChI=1S/C9H9N3.CH2O2/c1-6-11-8-5-3-2-4-7(8)9(10)12-6;2-1-3/h2-5H,1H3,(H2,10,11,12);1H,(H,2,3). The summed E-state index contributed by atoms with van der Waals surface area (Å²) in [4.78, 5) is 16.7. The molecule has 5 nitrogen and oxygen atoms in total. The summed E-state index contributed by atoms with van der Waals surface area (Å²) in [6.45, 7) is 1.59. The molecule has 0 amide bonds. The van der Waals surface area contributed by atoms with Gasteiger partial charge in [-0.2, -0.15) is 0 Å². The molecule has 0 bridgehead atoms. The van der Waals surface area contributed by atoms with Crippen LogP contribution in [0.1, 0.15) is 5.82 Å². The predicted molar refractivity (Wildman–Crippen MR) is 57.4 cm³/mol. The SMILES string of the molecule is Cc1nc(N)c2ccccc2n1.O=CO. The van der Waals surface area contributed by atoms with Crippen molar-refractivity contribution in [3.8, 4) is 0 Å². The third-order valence-corrected chi connectivity index (χ3v) is 1.74. The molecule has 78 valence electrons. The number of carboxylic acid groups (broad SMARTS) is 1. The van der Waals surface area contributed by atoms with Crippen molar-refractivity contribution in [2.24, 2.45) is 0 Å². The highest BCUT2D eigenvalue weighted by molar-refractivity contribution is 5.87. The van der Waals surface area contributed by atoms with Gasteiger partial charge in [-0.25, -0.2) is 9.97 Å². The van der Waals surface area contributed by atoms with E-state index in [1.54, 1.807) is 0 Å². The van der Waals surface area contributed by atoms with Crippen molar-refractivity contribution in [3.05, 3.63) is 30.1 Å². The van der Waals surface area contributed by atoms with Crippen LogP contribution < -0.4 is 5.73 Å². The van der Waals surface area contributed by atoms with Gasteiger partial charge in [-0.1, -0.05) is 12.1 Å². The van der Waals surface area contributed by atoms with Crippen LogP contribution in [0.2, 0.25) is 0 Å². The summed E-state index contributed by atoms with van der Waals surface area (Å²) in [6.07, 6.45) is 0. The number of rotatable bonds is 0. The number of anilines is 1. The highest BCUT2D eigenvalue weighted by Gasteiger charge is 1.99. The van der Waals surface area contributed by atoms with Gasteiger partial charge in [-0.3, -0.25) is 4.79 Å². The Hall–Kier alpha value is -2.17. The molecule has 0 aliphatic carbocycles. The summed E-state index contributed by atoms with van der Waals surface area (Å²) in [5, 5.41) is 7.81. The molecule has 0 atom stereocenters. The lowest BCUT2D eigenvalue weighted by Crippen LogP contribution is -1.96. The Balaban J connectivity index is 0.000000337. The molecular formula is C10H11N3O2. The van der Waals surface area contributed by atoms with E-state index >= 15 is 0 Å². The van der Waals surface area contributed by atoms with E-state index in [9.17, 15) is 0 Å². The van der Waals surface area contributed by atoms with Crippen molar-refractivity contribution in [1.82, 2.24) is 9.97 Å². The lowest BCUT2D eigenvalue weighted by Gasteiger charge is -2.00. The Morgan fingerprint density at radius 1 is 1.33 bits per heavy atom. The summed E-state index contributed by atoms with van der Waals surface area (Å²) in [5.74, 6) is 1.27. The van der Waals surface area contributed by atoms with Gasteiger partial charge in [0.1, 0.15) is 11.6 Å². The minimum Gasteiger partial charge on any atom is -0.483 e. The normalized spacial score (nSPS) is 9.13. The van der Waals surface area contributed by atoms with Crippen LogP contribution in [0.5, 0.6) is 0 Å². The second-order valence-electron chi connectivity index (χ2n) is 2.78. The molecule has 1 aromatic carbocycles. The highest BCUT2D eigenvalue weighted by Crippen LogP contribution is 2.16. The Kier molecular flexibility index (Phi) is 3.56. The maximum Gasteiger partial charge on any atom is 0.290 e. The van der Waals surface area contributed by atoms with Crippen molar-refractivity contribution in [3.63, 3.8) is 0 Å². The van der Waals surface area contributed by atoms with Gasteiger partial charge in [0.2, 0.25) is 0 Å². The van der Waals surface area contributed by atoms with Crippen molar-refractivity contribution < 1.29 is 9.90 Å². The van der Waals surface area contributed by atoms with Crippen LogP contribution in [-0.2, 0) is 4.79 Å². The summed E-state index contributed by atoms with van der Waals surface area (Å²) < 4.78 is 0. The van der Waals surface area contributed by atoms with Gasteiger partial charge >= 0.3 is 0 Å². The van der Waals surface area contributed by atoms with E-state index in [2.05, 4.69) is 9.97 Å². The number of nitrogens with two attached hydrogens (primary N) is 1. The molecule has 0 aliphatic rings. The molecule has 0 fully saturated rings. The largest absolute Gasteiger partial charge is 0.483 e. The second-order valence-corrected chi connectivity index (χ2v) is 2.78. The predicted octanol–water partition coefficient (Wildman–Crippen LogP) is 1.22. The number of para-hydroxylation sites is 1. The van der Waals surface area contributed by atoms with Gasteiger partial charge in [0.15, 0.2) is 0 Å². The average Bonchev–Trinajstić information content (AvgIpc) is 2.18. The first-order chi connectivity index (χ1) is 7.19. The minimum absolute atomic E-state index is 0.250. The van der Waals surface area contributed by atoms with Crippen molar-refractivity contribution in [1.29, 1.82) is 0 Å². The van der Waals surface area contributed by atoms with Crippen LogP contribution in [0.3, 0.4) is 0 Å². The van der Waals surface area contributed by atoms with E-state index in [1.165, 1.54) is 0 Å². The van der Waals surface area contributed by atoms with Crippen LogP contribution in [0.25, 0.3) is 10.9 Å². The van der Waals surface area contributed by atoms with E-state index in [4.69, 9.17) is 15.6 Å².